The lowest BCUT2D eigenvalue weighted by molar-refractivity contribution is 0.922. The van der Waals surface area contributed by atoms with E-state index in [1.807, 2.05) is 6.08 Å². The zero-order valence-corrected chi connectivity index (χ0v) is 8.29. The number of allylic oxidation sites excluding steroid dienone is 1. The molecule has 1 aromatic carbocycles. The molecule has 13 heavy (non-hydrogen) atoms. The molecule has 0 aliphatic carbocycles. The van der Waals surface area contributed by atoms with Crippen molar-refractivity contribution in [2.45, 2.75) is 26.1 Å². The van der Waals surface area contributed by atoms with Gasteiger partial charge in [-0.05, 0) is 12.0 Å². The molecule has 0 aliphatic rings. The Morgan fingerprint density at radius 2 is 2.00 bits per heavy atom. The summed E-state index contributed by atoms with van der Waals surface area (Å²) in [7, 11) is 2.18. The Hall–Kier alpha value is -0.975. The molecule has 1 heteroatoms. The van der Waals surface area contributed by atoms with Crippen LogP contribution in [0.25, 0.3) is 0 Å². The second kappa shape index (κ2) is 5.63. The molecule has 0 heterocycles. The summed E-state index contributed by atoms with van der Waals surface area (Å²) >= 11 is 0. The van der Waals surface area contributed by atoms with E-state index in [9.17, 15) is 0 Å². The summed E-state index contributed by atoms with van der Waals surface area (Å²) < 4.78 is 0. The van der Waals surface area contributed by atoms with Crippen molar-refractivity contribution in [2.75, 3.05) is 0 Å². The standard InChI is InChI=1S/C12H16B/c1-3-5-11-6-8-12(9-7-11)13-10-4-2/h4,6-9H,2-3,5,10H2,1H3. The minimum absolute atomic E-state index is 0.952. The summed E-state index contributed by atoms with van der Waals surface area (Å²) in [6.45, 7) is 5.90. The van der Waals surface area contributed by atoms with Crippen LogP contribution in [-0.2, 0) is 6.42 Å². The molecule has 0 amide bonds. The van der Waals surface area contributed by atoms with Gasteiger partial charge < -0.3 is 0 Å². The van der Waals surface area contributed by atoms with Crippen molar-refractivity contribution in [1.29, 1.82) is 0 Å². The van der Waals surface area contributed by atoms with E-state index < -0.39 is 0 Å². The van der Waals surface area contributed by atoms with Gasteiger partial charge in [0, 0.05) is 0 Å². The van der Waals surface area contributed by atoms with Crippen molar-refractivity contribution in [1.82, 2.24) is 0 Å². The largest absolute Gasteiger partial charge is 0.155 e. The first-order valence-electron chi connectivity index (χ1n) is 4.90. The van der Waals surface area contributed by atoms with Crippen molar-refractivity contribution in [3.8, 4) is 0 Å². The van der Waals surface area contributed by atoms with Gasteiger partial charge in [-0.15, -0.1) is 6.58 Å². The fourth-order valence-electron chi connectivity index (χ4n) is 1.33. The van der Waals surface area contributed by atoms with Gasteiger partial charge in [0.1, 0.15) is 0 Å². The predicted octanol–water partition coefficient (Wildman–Crippen LogP) is 2.57. The molecule has 0 nitrogen and oxygen atoms in total. The van der Waals surface area contributed by atoms with Gasteiger partial charge in [0.15, 0.2) is 7.28 Å². The quantitative estimate of drug-likeness (QED) is 0.471. The zero-order valence-electron chi connectivity index (χ0n) is 8.29. The Bertz CT molecular complexity index is 248. The summed E-state index contributed by atoms with van der Waals surface area (Å²) in [6, 6.07) is 8.76. The molecule has 1 rings (SSSR count). The molecule has 0 saturated carbocycles. The van der Waals surface area contributed by atoms with Crippen molar-refractivity contribution >= 4 is 12.7 Å². The van der Waals surface area contributed by atoms with Gasteiger partial charge >= 0.3 is 0 Å². The van der Waals surface area contributed by atoms with Crippen LogP contribution in [0, 0.1) is 0 Å². The SMILES string of the molecule is C=CC[B]c1ccc(CCC)cc1. The zero-order chi connectivity index (χ0) is 9.52. The van der Waals surface area contributed by atoms with E-state index in [0.717, 1.165) is 6.32 Å². The lowest BCUT2D eigenvalue weighted by atomic mass is 9.67. The van der Waals surface area contributed by atoms with E-state index in [-0.39, 0.29) is 0 Å². The van der Waals surface area contributed by atoms with Crippen LogP contribution in [0.15, 0.2) is 36.9 Å². The van der Waals surface area contributed by atoms with Crippen LogP contribution < -0.4 is 5.46 Å². The molecule has 0 saturated heterocycles. The van der Waals surface area contributed by atoms with E-state index >= 15 is 0 Å². The monoisotopic (exact) mass is 171 g/mol. The van der Waals surface area contributed by atoms with Gasteiger partial charge in [0.2, 0.25) is 0 Å². The summed E-state index contributed by atoms with van der Waals surface area (Å²) in [6.07, 6.45) is 5.27. The average Bonchev–Trinajstić information content (AvgIpc) is 2.17. The van der Waals surface area contributed by atoms with Crippen LogP contribution in [-0.4, -0.2) is 7.28 Å². The number of hydrogen-bond acceptors (Lipinski definition) is 0. The van der Waals surface area contributed by atoms with Gasteiger partial charge in [-0.1, -0.05) is 55.5 Å². The highest BCUT2D eigenvalue weighted by Crippen LogP contribution is 2.00. The fourth-order valence-corrected chi connectivity index (χ4v) is 1.33. The maximum absolute atomic E-state index is 3.69. The Morgan fingerprint density at radius 3 is 2.54 bits per heavy atom. The van der Waals surface area contributed by atoms with Crippen LogP contribution in [0.2, 0.25) is 6.32 Å². The number of hydrogen-bond donors (Lipinski definition) is 0. The first kappa shape index (κ1) is 10.1. The normalized spacial score (nSPS) is 9.62. The molecule has 1 aromatic rings. The Morgan fingerprint density at radius 1 is 1.31 bits per heavy atom. The van der Waals surface area contributed by atoms with Crippen molar-refractivity contribution in [2.24, 2.45) is 0 Å². The first-order valence-corrected chi connectivity index (χ1v) is 4.90. The van der Waals surface area contributed by atoms with Gasteiger partial charge in [-0.2, -0.15) is 0 Å². The third kappa shape index (κ3) is 3.50. The van der Waals surface area contributed by atoms with E-state index in [1.54, 1.807) is 0 Å². The maximum Gasteiger partial charge on any atom is 0.155 e. The molecule has 0 bridgehead atoms. The molecular weight excluding hydrogens is 155 g/mol. The van der Waals surface area contributed by atoms with E-state index in [0.29, 0.717) is 0 Å². The van der Waals surface area contributed by atoms with Gasteiger partial charge in [0.05, 0.1) is 0 Å². The topological polar surface area (TPSA) is 0 Å². The third-order valence-electron chi connectivity index (χ3n) is 2.04. The first-order chi connectivity index (χ1) is 6.36. The van der Waals surface area contributed by atoms with Gasteiger partial charge in [-0.25, -0.2) is 0 Å². The Labute approximate surface area is 81.9 Å². The Kier molecular flexibility index (Phi) is 4.38. The molecule has 0 atom stereocenters. The molecule has 67 valence electrons. The lowest BCUT2D eigenvalue weighted by Gasteiger charge is -2.00. The predicted molar refractivity (Wildman–Crippen MR) is 60.8 cm³/mol. The van der Waals surface area contributed by atoms with Crippen LogP contribution in [0.5, 0.6) is 0 Å². The molecule has 0 spiro atoms. The van der Waals surface area contributed by atoms with E-state index in [4.69, 9.17) is 0 Å². The Balaban J connectivity index is 2.53. The smallest absolute Gasteiger partial charge is 0.104 e. The van der Waals surface area contributed by atoms with Crippen molar-refractivity contribution in [3.05, 3.63) is 42.5 Å². The summed E-state index contributed by atoms with van der Waals surface area (Å²) in [5.74, 6) is 0. The van der Waals surface area contributed by atoms with E-state index in [2.05, 4.69) is 45.0 Å². The molecular formula is C12H16B. The van der Waals surface area contributed by atoms with Crippen LogP contribution in [0.3, 0.4) is 0 Å². The average molecular weight is 171 g/mol. The van der Waals surface area contributed by atoms with Crippen molar-refractivity contribution in [3.63, 3.8) is 0 Å². The summed E-state index contributed by atoms with van der Waals surface area (Å²) in [5, 5.41) is 0. The molecule has 0 unspecified atom stereocenters. The highest BCUT2D eigenvalue weighted by molar-refractivity contribution is 6.53. The maximum atomic E-state index is 3.69. The van der Waals surface area contributed by atoms with Gasteiger partial charge in [0.25, 0.3) is 0 Å². The molecule has 0 fully saturated rings. The number of rotatable bonds is 5. The highest BCUT2D eigenvalue weighted by Gasteiger charge is 1.94. The van der Waals surface area contributed by atoms with Crippen LogP contribution in [0.4, 0.5) is 0 Å². The fraction of sp³-hybridized carbons (Fsp3) is 0.333. The van der Waals surface area contributed by atoms with E-state index in [1.165, 1.54) is 23.9 Å². The summed E-state index contributed by atoms with van der Waals surface area (Å²) in [4.78, 5) is 0. The van der Waals surface area contributed by atoms with Gasteiger partial charge in [-0.3, -0.25) is 0 Å². The summed E-state index contributed by atoms with van der Waals surface area (Å²) in [5.41, 5.74) is 2.72. The molecule has 0 aliphatic heterocycles. The van der Waals surface area contributed by atoms with Crippen molar-refractivity contribution < 1.29 is 0 Å². The van der Waals surface area contributed by atoms with Crippen LogP contribution >= 0.6 is 0 Å². The minimum Gasteiger partial charge on any atom is -0.104 e. The molecule has 0 N–H and O–H groups in total. The minimum atomic E-state index is 0.952. The lowest BCUT2D eigenvalue weighted by Crippen LogP contribution is -2.12. The number of benzene rings is 1. The third-order valence-corrected chi connectivity index (χ3v) is 2.04. The van der Waals surface area contributed by atoms with Crippen LogP contribution in [0.1, 0.15) is 18.9 Å². The molecule has 1 radical (unpaired) electrons. The number of aryl methyl sites for hydroxylation is 1. The highest BCUT2D eigenvalue weighted by atomic mass is 13.9. The molecule has 0 aromatic heterocycles. The second-order valence-electron chi connectivity index (χ2n) is 3.22. The second-order valence-corrected chi connectivity index (χ2v) is 3.22.